The van der Waals surface area contributed by atoms with Gasteiger partial charge in [0, 0.05) is 13.5 Å². The lowest BCUT2D eigenvalue weighted by Gasteiger charge is -2.21. The van der Waals surface area contributed by atoms with E-state index < -0.39 is 23.4 Å². The normalized spacial score (nSPS) is 23.1. The Morgan fingerprint density at radius 1 is 1.28 bits per heavy atom. The molecule has 0 saturated carbocycles. The van der Waals surface area contributed by atoms with Crippen molar-refractivity contribution in [2.24, 2.45) is 0 Å². The number of rotatable bonds is 3. The second-order valence-corrected chi connectivity index (χ2v) is 4.28. The first-order chi connectivity index (χ1) is 8.47. The zero-order chi connectivity index (χ0) is 13.3. The lowest BCUT2D eigenvalue weighted by molar-refractivity contribution is -0.146. The summed E-state index contributed by atoms with van der Waals surface area (Å²) in [6, 6.07) is 9.00. The molecule has 0 spiro atoms. The molecule has 18 heavy (non-hydrogen) atoms. The topological polar surface area (TPSA) is 63.7 Å². The number of cyclic esters (lactones) is 1. The Bertz CT molecular complexity index is 511. The fourth-order valence-electron chi connectivity index (χ4n) is 1.96. The third-order valence-corrected chi connectivity index (χ3v) is 3.05. The number of nitrogens with zero attached hydrogens (tertiary/aromatic N) is 1. The Kier molecular flexibility index (Phi) is 2.90. The van der Waals surface area contributed by atoms with Crippen molar-refractivity contribution in [3.05, 3.63) is 35.9 Å². The third-order valence-electron chi connectivity index (χ3n) is 3.05. The molecule has 5 heteroatoms. The van der Waals surface area contributed by atoms with Crippen molar-refractivity contribution in [3.8, 4) is 0 Å². The first kappa shape index (κ1) is 12.3. The van der Waals surface area contributed by atoms with Crippen LogP contribution >= 0.6 is 0 Å². The van der Waals surface area contributed by atoms with Crippen LogP contribution in [0.2, 0.25) is 0 Å². The summed E-state index contributed by atoms with van der Waals surface area (Å²) in [5.74, 6) is -1.07. The number of ketones is 1. The van der Waals surface area contributed by atoms with Crippen LogP contribution in [0.5, 0.6) is 0 Å². The molecule has 5 nitrogen and oxygen atoms in total. The van der Waals surface area contributed by atoms with Crippen LogP contribution in [-0.2, 0) is 20.7 Å². The van der Waals surface area contributed by atoms with Gasteiger partial charge in [-0.15, -0.1) is 0 Å². The molecule has 0 bridgehead atoms. The van der Waals surface area contributed by atoms with Crippen LogP contribution in [0.15, 0.2) is 30.3 Å². The third kappa shape index (κ3) is 1.77. The predicted octanol–water partition coefficient (Wildman–Crippen LogP) is 1.17. The first-order valence-corrected chi connectivity index (χ1v) is 5.53. The van der Waals surface area contributed by atoms with Crippen LogP contribution < -0.4 is 0 Å². The number of hydrogen-bond donors (Lipinski definition) is 0. The molecule has 0 aromatic heterocycles. The Labute approximate surface area is 104 Å². The fraction of sp³-hybridized carbons (Fsp3) is 0.308. The minimum Gasteiger partial charge on any atom is -0.424 e. The highest BCUT2D eigenvalue weighted by atomic mass is 16.6. The zero-order valence-electron chi connectivity index (χ0n) is 10.2. The largest absolute Gasteiger partial charge is 0.424 e. The number of Topliss-reactive ketones (excluding diaryl/α,β-unsaturated/α-hetero) is 1. The summed E-state index contributed by atoms with van der Waals surface area (Å²) in [6.45, 7) is 1.26. The van der Waals surface area contributed by atoms with Crippen molar-refractivity contribution in [2.75, 3.05) is 7.05 Å². The van der Waals surface area contributed by atoms with Crippen LogP contribution in [0.3, 0.4) is 0 Å². The summed E-state index contributed by atoms with van der Waals surface area (Å²) < 4.78 is 5.03. The number of carbonyl (C=O) groups is 3. The quantitative estimate of drug-likeness (QED) is 0.752. The van der Waals surface area contributed by atoms with Crippen LogP contribution in [-0.4, -0.2) is 35.3 Å². The van der Waals surface area contributed by atoms with Gasteiger partial charge in [-0.3, -0.25) is 9.59 Å². The van der Waals surface area contributed by atoms with Gasteiger partial charge in [-0.05, 0) is 12.5 Å². The van der Waals surface area contributed by atoms with Gasteiger partial charge in [0.1, 0.15) is 0 Å². The van der Waals surface area contributed by atoms with Gasteiger partial charge >= 0.3 is 6.09 Å². The number of ether oxygens (including phenoxy) is 1. The van der Waals surface area contributed by atoms with E-state index in [1.165, 1.54) is 14.0 Å². The summed E-state index contributed by atoms with van der Waals surface area (Å²) in [4.78, 5) is 36.1. The monoisotopic (exact) mass is 247 g/mol. The number of imide groups is 1. The molecule has 0 N–H and O–H groups in total. The average molecular weight is 247 g/mol. The number of carbonyl (C=O) groups excluding carboxylic acids is 3. The highest BCUT2D eigenvalue weighted by Crippen LogP contribution is 2.28. The Balaban J connectivity index is 2.38. The molecule has 1 heterocycles. The van der Waals surface area contributed by atoms with E-state index in [1.54, 1.807) is 24.3 Å². The summed E-state index contributed by atoms with van der Waals surface area (Å²) in [7, 11) is 1.31. The highest BCUT2D eigenvalue weighted by Gasteiger charge is 2.56. The second kappa shape index (κ2) is 4.25. The SMILES string of the molecule is CC(=O)C1(Cc2ccccc2)OC(=O)N(C)C1=O. The lowest BCUT2D eigenvalue weighted by Crippen LogP contribution is -2.47. The van der Waals surface area contributed by atoms with E-state index in [4.69, 9.17) is 4.74 Å². The van der Waals surface area contributed by atoms with E-state index in [-0.39, 0.29) is 6.42 Å². The molecule has 1 aromatic rings. The van der Waals surface area contributed by atoms with Crippen molar-refractivity contribution in [1.82, 2.24) is 4.90 Å². The van der Waals surface area contributed by atoms with Crippen LogP contribution in [0.25, 0.3) is 0 Å². The molecule has 2 rings (SSSR count). The van der Waals surface area contributed by atoms with Gasteiger partial charge in [-0.25, -0.2) is 9.69 Å². The maximum atomic E-state index is 12.0. The van der Waals surface area contributed by atoms with Gasteiger partial charge in [-0.1, -0.05) is 30.3 Å². The lowest BCUT2D eigenvalue weighted by atomic mass is 9.90. The molecule has 0 aliphatic carbocycles. The average Bonchev–Trinajstić information content (AvgIpc) is 2.56. The zero-order valence-corrected chi connectivity index (χ0v) is 10.2. The van der Waals surface area contributed by atoms with Gasteiger partial charge in [0.25, 0.3) is 11.5 Å². The molecule has 1 aromatic carbocycles. The van der Waals surface area contributed by atoms with E-state index in [2.05, 4.69) is 0 Å². The smallest absolute Gasteiger partial charge is 0.417 e. The van der Waals surface area contributed by atoms with E-state index in [0.717, 1.165) is 10.5 Å². The predicted molar refractivity (Wildman–Crippen MR) is 62.8 cm³/mol. The molecule has 94 valence electrons. The Hall–Kier alpha value is -2.17. The fourth-order valence-corrected chi connectivity index (χ4v) is 1.96. The molecule has 1 unspecified atom stereocenters. The van der Waals surface area contributed by atoms with E-state index in [9.17, 15) is 14.4 Å². The van der Waals surface area contributed by atoms with Gasteiger partial charge < -0.3 is 4.74 Å². The van der Waals surface area contributed by atoms with Gasteiger partial charge in [-0.2, -0.15) is 0 Å². The molecule has 1 saturated heterocycles. The number of amides is 2. The van der Waals surface area contributed by atoms with Crippen LogP contribution in [0, 0.1) is 0 Å². The Morgan fingerprint density at radius 2 is 1.89 bits per heavy atom. The van der Waals surface area contributed by atoms with Gasteiger partial charge in [0.15, 0.2) is 5.78 Å². The maximum Gasteiger partial charge on any atom is 0.417 e. The second-order valence-electron chi connectivity index (χ2n) is 4.28. The number of hydrogen-bond acceptors (Lipinski definition) is 4. The van der Waals surface area contributed by atoms with Crippen molar-refractivity contribution in [2.45, 2.75) is 18.9 Å². The van der Waals surface area contributed by atoms with E-state index in [1.807, 2.05) is 6.07 Å². The molecule has 0 radical (unpaired) electrons. The molecule has 2 amide bonds. The summed E-state index contributed by atoms with van der Waals surface area (Å²) >= 11 is 0. The van der Waals surface area contributed by atoms with Crippen molar-refractivity contribution in [3.63, 3.8) is 0 Å². The Morgan fingerprint density at radius 3 is 2.33 bits per heavy atom. The van der Waals surface area contributed by atoms with Crippen molar-refractivity contribution >= 4 is 17.8 Å². The maximum absolute atomic E-state index is 12.0. The molecule has 1 aliphatic heterocycles. The van der Waals surface area contributed by atoms with E-state index in [0.29, 0.717) is 0 Å². The molecular weight excluding hydrogens is 234 g/mol. The minimum absolute atomic E-state index is 0.0675. The molecule has 1 atom stereocenters. The van der Waals surface area contributed by atoms with Gasteiger partial charge in [0.05, 0.1) is 0 Å². The summed E-state index contributed by atoms with van der Waals surface area (Å²) in [5, 5.41) is 0. The number of benzene rings is 1. The molecular formula is C13H13NO4. The van der Waals surface area contributed by atoms with Crippen LogP contribution in [0.1, 0.15) is 12.5 Å². The highest BCUT2D eigenvalue weighted by molar-refractivity contribution is 6.17. The van der Waals surface area contributed by atoms with Gasteiger partial charge in [0.2, 0.25) is 0 Å². The van der Waals surface area contributed by atoms with Crippen molar-refractivity contribution < 1.29 is 19.1 Å². The van der Waals surface area contributed by atoms with Crippen LogP contribution in [0.4, 0.5) is 4.79 Å². The molecule has 1 aliphatic rings. The summed E-state index contributed by atoms with van der Waals surface area (Å²) in [5.41, 5.74) is -0.933. The van der Waals surface area contributed by atoms with Crippen molar-refractivity contribution in [1.29, 1.82) is 0 Å². The minimum atomic E-state index is -1.70. The standard InChI is InChI=1S/C13H13NO4/c1-9(15)13(8-10-6-4-3-5-7-10)11(16)14(2)12(17)18-13/h3-7H,8H2,1-2H3. The van der Waals surface area contributed by atoms with E-state index >= 15 is 0 Å². The molecule has 1 fully saturated rings. The first-order valence-electron chi connectivity index (χ1n) is 5.53. The summed E-state index contributed by atoms with van der Waals surface area (Å²) in [6.07, 6.45) is -0.718. The number of likely N-dealkylation sites (N-methyl/N-ethyl adjacent to an activating group) is 1.